The van der Waals surface area contributed by atoms with E-state index < -0.39 is 10.0 Å². The second kappa shape index (κ2) is 6.29. The minimum absolute atomic E-state index is 0.766. The van der Waals surface area contributed by atoms with Gasteiger partial charge in [0.25, 0.3) is 0 Å². The molecule has 0 radical (unpaired) electrons. The molecule has 0 amide bonds. The van der Waals surface area contributed by atoms with Crippen LogP contribution in [0.15, 0.2) is 41.3 Å². The zero-order valence-electron chi connectivity index (χ0n) is 12.9. The third-order valence-electron chi connectivity index (χ3n) is 4.36. The van der Waals surface area contributed by atoms with Gasteiger partial charge in [0.1, 0.15) is 5.75 Å². The van der Waals surface area contributed by atoms with E-state index in [2.05, 4.69) is 42.7 Å². The van der Waals surface area contributed by atoms with Gasteiger partial charge < -0.3 is 9.47 Å². The SMILES string of the molecule is COc1ccc(S2(C)CCCOCCC2)c2ccccc12. The normalized spacial score (nSPS) is 20.5. The second-order valence-corrected chi connectivity index (χ2v) is 9.62. The average Bonchev–Trinajstić information content (AvgIpc) is 2.50. The van der Waals surface area contributed by atoms with Crippen LogP contribution in [-0.2, 0) is 4.74 Å². The number of rotatable bonds is 2. The highest BCUT2D eigenvalue weighted by atomic mass is 32.3. The molecule has 1 saturated heterocycles. The summed E-state index contributed by atoms with van der Waals surface area (Å²) in [7, 11) is 0.987. The van der Waals surface area contributed by atoms with E-state index in [1.54, 1.807) is 12.0 Å². The third-order valence-corrected chi connectivity index (χ3v) is 8.16. The summed E-state index contributed by atoms with van der Waals surface area (Å²) < 4.78 is 11.2. The lowest BCUT2D eigenvalue weighted by atomic mass is 10.1. The van der Waals surface area contributed by atoms with Crippen molar-refractivity contribution >= 4 is 20.8 Å². The Morgan fingerprint density at radius 2 is 1.62 bits per heavy atom. The summed E-state index contributed by atoms with van der Waals surface area (Å²) in [5.41, 5.74) is 0. The first kappa shape index (κ1) is 14.7. The Kier molecular flexibility index (Phi) is 4.41. The van der Waals surface area contributed by atoms with Crippen LogP contribution in [0.5, 0.6) is 5.75 Å². The second-order valence-electron chi connectivity index (χ2n) is 5.81. The van der Waals surface area contributed by atoms with Gasteiger partial charge in [0.15, 0.2) is 0 Å². The summed E-state index contributed by atoms with van der Waals surface area (Å²) in [5, 5.41) is 2.61. The first-order chi connectivity index (χ1) is 10.2. The van der Waals surface area contributed by atoms with Crippen LogP contribution < -0.4 is 4.74 Å². The highest BCUT2D eigenvalue weighted by molar-refractivity contribution is 8.33. The molecule has 0 unspecified atom stereocenters. The summed E-state index contributed by atoms with van der Waals surface area (Å²) in [5.74, 6) is 3.51. The Labute approximate surface area is 128 Å². The van der Waals surface area contributed by atoms with Gasteiger partial charge in [-0.1, -0.05) is 24.3 Å². The van der Waals surface area contributed by atoms with Gasteiger partial charge >= 0.3 is 0 Å². The van der Waals surface area contributed by atoms with Crippen molar-refractivity contribution in [2.24, 2.45) is 0 Å². The minimum Gasteiger partial charge on any atom is -0.496 e. The minimum atomic E-state index is -0.766. The Bertz CT molecular complexity index is 616. The Balaban J connectivity index is 2.10. The van der Waals surface area contributed by atoms with E-state index in [4.69, 9.17) is 9.47 Å². The number of fused-ring (bicyclic) bond motifs is 1. The number of methoxy groups -OCH3 is 1. The van der Waals surface area contributed by atoms with Crippen molar-refractivity contribution in [3.8, 4) is 5.75 Å². The Morgan fingerprint density at radius 1 is 0.952 bits per heavy atom. The van der Waals surface area contributed by atoms with Crippen molar-refractivity contribution in [1.82, 2.24) is 0 Å². The van der Waals surface area contributed by atoms with Crippen LogP contribution in [0.3, 0.4) is 0 Å². The zero-order chi connectivity index (χ0) is 14.7. The van der Waals surface area contributed by atoms with Crippen molar-refractivity contribution in [3.63, 3.8) is 0 Å². The topological polar surface area (TPSA) is 18.5 Å². The Morgan fingerprint density at radius 3 is 2.29 bits per heavy atom. The molecule has 3 rings (SSSR count). The first-order valence-corrected chi connectivity index (χ1v) is 10.00. The fourth-order valence-corrected chi connectivity index (χ4v) is 6.49. The fraction of sp³-hybridized carbons (Fsp3) is 0.444. The molecule has 2 aromatic rings. The van der Waals surface area contributed by atoms with Gasteiger partial charge in [-0.2, -0.15) is 0 Å². The number of hydrogen-bond donors (Lipinski definition) is 0. The van der Waals surface area contributed by atoms with E-state index in [-0.39, 0.29) is 0 Å². The summed E-state index contributed by atoms with van der Waals surface area (Å²) in [6, 6.07) is 13.1. The molecule has 1 aliphatic heterocycles. The van der Waals surface area contributed by atoms with E-state index in [9.17, 15) is 0 Å². The molecule has 0 N–H and O–H groups in total. The van der Waals surface area contributed by atoms with Gasteiger partial charge in [-0.25, -0.2) is 10.0 Å². The molecule has 0 atom stereocenters. The van der Waals surface area contributed by atoms with Crippen molar-refractivity contribution < 1.29 is 9.47 Å². The van der Waals surface area contributed by atoms with Crippen LogP contribution in [0.1, 0.15) is 12.8 Å². The van der Waals surface area contributed by atoms with Crippen LogP contribution >= 0.6 is 10.0 Å². The number of ether oxygens (including phenoxy) is 2. The predicted molar refractivity (Wildman–Crippen MR) is 92.1 cm³/mol. The highest BCUT2D eigenvalue weighted by Crippen LogP contribution is 2.56. The van der Waals surface area contributed by atoms with E-state index in [1.165, 1.54) is 35.1 Å². The van der Waals surface area contributed by atoms with Gasteiger partial charge in [0, 0.05) is 18.6 Å². The van der Waals surface area contributed by atoms with E-state index in [0.717, 1.165) is 19.0 Å². The van der Waals surface area contributed by atoms with Crippen molar-refractivity contribution in [2.75, 3.05) is 38.1 Å². The van der Waals surface area contributed by atoms with Crippen molar-refractivity contribution in [3.05, 3.63) is 36.4 Å². The first-order valence-electron chi connectivity index (χ1n) is 7.62. The summed E-state index contributed by atoms with van der Waals surface area (Å²) >= 11 is 0. The molecule has 3 heteroatoms. The Hall–Kier alpha value is -1.19. The molecule has 0 aliphatic carbocycles. The van der Waals surface area contributed by atoms with Gasteiger partial charge in [0.2, 0.25) is 0 Å². The predicted octanol–water partition coefficient (Wildman–Crippen LogP) is 4.45. The van der Waals surface area contributed by atoms with E-state index in [0.29, 0.717) is 0 Å². The van der Waals surface area contributed by atoms with Crippen LogP contribution in [0, 0.1) is 0 Å². The van der Waals surface area contributed by atoms with Gasteiger partial charge in [-0.3, -0.25) is 0 Å². The molecule has 2 aromatic carbocycles. The van der Waals surface area contributed by atoms with Gasteiger partial charge in [-0.05, 0) is 53.0 Å². The average molecular weight is 304 g/mol. The van der Waals surface area contributed by atoms with Crippen LogP contribution in [0.2, 0.25) is 0 Å². The van der Waals surface area contributed by atoms with Crippen LogP contribution in [0.4, 0.5) is 0 Å². The van der Waals surface area contributed by atoms with Crippen LogP contribution in [-0.4, -0.2) is 38.1 Å². The standard InChI is InChI=1S/C18H24O2S/c1-19-17-9-10-18(16-8-4-3-7-15(16)17)21(2)13-5-11-20-12-6-14-21/h3-4,7-10H,5-6,11-14H2,1-2H3. The molecular weight excluding hydrogens is 280 g/mol. The molecule has 21 heavy (non-hydrogen) atoms. The molecule has 0 spiro atoms. The molecule has 0 bridgehead atoms. The number of hydrogen-bond acceptors (Lipinski definition) is 2. The molecule has 114 valence electrons. The molecule has 1 heterocycles. The van der Waals surface area contributed by atoms with Crippen LogP contribution in [0.25, 0.3) is 10.8 Å². The van der Waals surface area contributed by atoms with Gasteiger partial charge in [0.05, 0.1) is 7.11 Å². The van der Waals surface area contributed by atoms with E-state index in [1.807, 2.05) is 0 Å². The zero-order valence-corrected chi connectivity index (χ0v) is 13.7. The lowest BCUT2D eigenvalue weighted by Crippen LogP contribution is -2.16. The summed E-state index contributed by atoms with van der Waals surface area (Å²) in [6.07, 6.45) is 4.84. The molecule has 1 fully saturated rings. The monoisotopic (exact) mass is 304 g/mol. The largest absolute Gasteiger partial charge is 0.496 e. The lowest BCUT2D eigenvalue weighted by Gasteiger charge is -2.39. The molecule has 0 aromatic heterocycles. The smallest absolute Gasteiger partial charge is 0.126 e. The molecule has 0 saturated carbocycles. The third kappa shape index (κ3) is 2.90. The lowest BCUT2D eigenvalue weighted by molar-refractivity contribution is 0.135. The maximum atomic E-state index is 5.62. The molecule has 1 aliphatic rings. The highest BCUT2D eigenvalue weighted by Gasteiger charge is 2.24. The molecule has 2 nitrogen and oxygen atoms in total. The van der Waals surface area contributed by atoms with Gasteiger partial charge in [-0.15, -0.1) is 0 Å². The quantitative estimate of drug-likeness (QED) is 0.816. The maximum absolute atomic E-state index is 5.62. The van der Waals surface area contributed by atoms with Crippen molar-refractivity contribution in [1.29, 1.82) is 0 Å². The maximum Gasteiger partial charge on any atom is 0.126 e. The number of benzene rings is 2. The molecular formula is C18H24O2S. The van der Waals surface area contributed by atoms with E-state index >= 15 is 0 Å². The summed E-state index contributed by atoms with van der Waals surface area (Å²) in [6.45, 7) is 1.83. The van der Waals surface area contributed by atoms with Crippen molar-refractivity contribution in [2.45, 2.75) is 17.7 Å². The summed E-state index contributed by atoms with van der Waals surface area (Å²) in [4.78, 5) is 1.54. The fourth-order valence-electron chi connectivity index (χ4n) is 3.23.